The third-order valence-corrected chi connectivity index (χ3v) is 5.86. The highest BCUT2D eigenvalue weighted by Crippen LogP contribution is 2.41. The summed E-state index contributed by atoms with van der Waals surface area (Å²) in [7, 11) is 0. The third kappa shape index (κ3) is 2.54. The van der Waals surface area contributed by atoms with Gasteiger partial charge >= 0.3 is 0 Å². The zero-order valence-corrected chi connectivity index (χ0v) is 16.9. The van der Waals surface area contributed by atoms with Crippen LogP contribution in [0.2, 0.25) is 5.02 Å². The first kappa shape index (κ1) is 18.7. The lowest BCUT2D eigenvalue weighted by atomic mass is 9.95. The van der Waals surface area contributed by atoms with E-state index >= 15 is 0 Å². The van der Waals surface area contributed by atoms with Crippen molar-refractivity contribution in [3.8, 4) is 0 Å². The normalized spacial score (nSPS) is 14.7. The Labute approximate surface area is 177 Å². The Balaban J connectivity index is 1.85. The molecule has 2 amide bonds. The number of nitrogens with zero attached hydrogens (tertiary/aromatic N) is 2. The summed E-state index contributed by atoms with van der Waals surface area (Å²) < 4.78 is 2.05. The van der Waals surface area contributed by atoms with E-state index in [1.165, 1.54) is 0 Å². The average molecular weight is 420 g/mol. The average Bonchev–Trinajstić information content (AvgIpc) is 3.39. The summed E-state index contributed by atoms with van der Waals surface area (Å²) in [6.45, 7) is 2.07. The molecule has 0 spiro atoms. The maximum absolute atomic E-state index is 13.2. The molecule has 2 aromatic heterocycles. The van der Waals surface area contributed by atoms with Crippen LogP contribution in [0.15, 0.2) is 54.9 Å². The number of imide groups is 1. The summed E-state index contributed by atoms with van der Waals surface area (Å²) in [4.78, 5) is 30.4. The molecule has 7 heteroatoms. The molecule has 1 aliphatic heterocycles. The standard InChI is InChI=1S/C23H18ClN3O3/c1-2-26-11-17(15-5-3-4-6-19(15)26)21-20(22(29)27(12-28)23(21)30)16-10-25-18-9-13(24)7-8-14(16)18/h3-11,25,28H,2,12H2,1H3. The zero-order chi connectivity index (χ0) is 21.0. The van der Waals surface area contributed by atoms with Crippen molar-refractivity contribution in [3.05, 3.63) is 71.0 Å². The second-order valence-corrected chi connectivity index (χ2v) is 7.60. The SMILES string of the molecule is CCn1cc(C2=C(c3c[nH]c4cc(Cl)ccc34)C(=O)N(CO)C2=O)c2ccccc21. The van der Waals surface area contributed by atoms with Crippen LogP contribution in [0.4, 0.5) is 0 Å². The topological polar surface area (TPSA) is 78.3 Å². The van der Waals surface area contributed by atoms with Crippen molar-refractivity contribution >= 4 is 56.4 Å². The summed E-state index contributed by atoms with van der Waals surface area (Å²) in [5.74, 6) is -1.01. The van der Waals surface area contributed by atoms with Crippen molar-refractivity contribution in [2.75, 3.05) is 6.73 Å². The minimum Gasteiger partial charge on any atom is -0.376 e. The van der Waals surface area contributed by atoms with Gasteiger partial charge < -0.3 is 14.7 Å². The number of hydrogen-bond donors (Lipinski definition) is 2. The van der Waals surface area contributed by atoms with Crippen LogP contribution in [0.1, 0.15) is 18.1 Å². The molecular formula is C23H18ClN3O3. The molecule has 0 unspecified atom stereocenters. The van der Waals surface area contributed by atoms with Gasteiger partial charge in [0.25, 0.3) is 11.8 Å². The molecule has 4 aromatic rings. The Morgan fingerprint density at radius 2 is 1.73 bits per heavy atom. The van der Waals surface area contributed by atoms with E-state index in [0.29, 0.717) is 21.7 Å². The van der Waals surface area contributed by atoms with Crippen molar-refractivity contribution in [3.63, 3.8) is 0 Å². The monoisotopic (exact) mass is 419 g/mol. The molecule has 1 aliphatic rings. The minimum atomic E-state index is -0.675. The predicted octanol–water partition coefficient (Wildman–Crippen LogP) is 4.03. The molecule has 6 nitrogen and oxygen atoms in total. The maximum Gasteiger partial charge on any atom is 0.264 e. The van der Waals surface area contributed by atoms with Crippen molar-refractivity contribution in [2.24, 2.45) is 0 Å². The second kappa shape index (κ2) is 6.86. The summed E-state index contributed by atoms with van der Waals surface area (Å²) >= 11 is 6.10. The van der Waals surface area contributed by atoms with Gasteiger partial charge in [0.05, 0.1) is 11.1 Å². The molecule has 150 valence electrons. The van der Waals surface area contributed by atoms with Crippen molar-refractivity contribution in [2.45, 2.75) is 13.5 Å². The van der Waals surface area contributed by atoms with Gasteiger partial charge in [-0.2, -0.15) is 0 Å². The molecule has 2 aromatic carbocycles. The molecule has 0 saturated heterocycles. The molecule has 0 atom stereocenters. The highest BCUT2D eigenvalue weighted by molar-refractivity contribution is 6.50. The number of aromatic nitrogens is 2. The van der Waals surface area contributed by atoms with Crippen LogP contribution in [-0.4, -0.2) is 38.1 Å². The number of fused-ring (bicyclic) bond motifs is 2. The Morgan fingerprint density at radius 1 is 1.00 bits per heavy atom. The van der Waals surface area contributed by atoms with Crippen molar-refractivity contribution < 1.29 is 14.7 Å². The van der Waals surface area contributed by atoms with E-state index in [0.717, 1.165) is 33.3 Å². The zero-order valence-electron chi connectivity index (χ0n) is 16.1. The highest BCUT2D eigenvalue weighted by atomic mass is 35.5. The minimum absolute atomic E-state index is 0.279. The van der Waals surface area contributed by atoms with Gasteiger partial charge in [-0.25, -0.2) is 0 Å². The first-order valence-electron chi connectivity index (χ1n) is 9.61. The lowest BCUT2D eigenvalue weighted by Gasteiger charge is -2.10. The van der Waals surface area contributed by atoms with E-state index in [1.54, 1.807) is 18.3 Å². The molecule has 3 heterocycles. The summed E-state index contributed by atoms with van der Waals surface area (Å²) in [6.07, 6.45) is 3.61. The van der Waals surface area contributed by atoms with Crippen LogP contribution in [0.25, 0.3) is 33.0 Å². The summed E-state index contributed by atoms with van der Waals surface area (Å²) in [5, 5.41) is 12.0. The first-order chi connectivity index (χ1) is 14.5. The second-order valence-electron chi connectivity index (χ2n) is 7.17. The number of amides is 2. The Hall–Kier alpha value is -3.35. The number of halogens is 1. The number of aromatic amines is 1. The number of rotatable bonds is 4. The number of aryl methyl sites for hydroxylation is 1. The van der Waals surface area contributed by atoms with Gasteiger partial charge in [-0.3, -0.25) is 14.5 Å². The van der Waals surface area contributed by atoms with Gasteiger partial charge in [-0.1, -0.05) is 35.9 Å². The molecular weight excluding hydrogens is 402 g/mol. The van der Waals surface area contributed by atoms with Crippen molar-refractivity contribution in [1.29, 1.82) is 0 Å². The fraction of sp³-hybridized carbons (Fsp3) is 0.130. The number of carbonyl (C=O) groups excluding carboxylic acids is 2. The fourth-order valence-electron chi connectivity index (χ4n) is 4.22. The van der Waals surface area contributed by atoms with Crippen LogP contribution in [0, 0.1) is 0 Å². The fourth-order valence-corrected chi connectivity index (χ4v) is 4.39. The van der Waals surface area contributed by atoms with Gasteiger partial charge in [0.2, 0.25) is 0 Å². The van der Waals surface area contributed by atoms with Gasteiger partial charge in [0.1, 0.15) is 6.73 Å². The number of para-hydroxylation sites is 1. The van der Waals surface area contributed by atoms with E-state index in [2.05, 4.69) is 4.98 Å². The number of hydrogen-bond acceptors (Lipinski definition) is 3. The molecule has 5 rings (SSSR count). The van der Waals surface area contributed by atoms with Crippen LogP contribution in [0.3, 0.4) is 0 Å². The van der Waals surface area contributed by atoms with Crippen LogP contribution < -0.4 is 0 Å². The van der Waals surface area contributed by atoms with E-state index in [-0.39, 0.29) is 5.57 Å². The Bertz CT molecular complexity index is 1380. The van der Waals surface area contributed by atoms with Gasteiger partial charge in [0, 0.05) is 56.9 Å². The Morgan fingerprint density at radius 3 is 2.47 bits per heavy atom. The smallest absolute Gasteiger partial charge is 0.264 e. The molecule has 0 aliphatic carbocycles. The van der Waals surface area contributed by atoms with Crippen LogP contribution >= 0.6 is 11.6 Å². The largest absolute Gasteiger partial charge is 0.376 e. The van der Waals surface area contributed by atoms with Gasteiger partial charge in [-0.05, 0) is 25.1 Å². The van der Waals surface area contributed by atoms with Crippen LogP contribution in [-0.2, 0) is 16.1 Å². The predicted molar refractivity (Wildman–Crippen MR) is 117 cm³/mol. The number of aliphatic hydroxyl groups is 1. The number of aliphatic hydroxyl groups excluding tert-OH is 1. The molecule has 30 heavy (non-hydrogen) atoms. The Kier molecular flexibility index (Phi) is 4.27. The van der Waals surface area contributed by atoms with Gasteiger partial charge in [0.15, 0.2) is 0 Å². The third-order valence-electron chi connectivity index (χ3n) is 5.62. The van der Waals surface area contributed by atoms with E-state index in [4.69, 9.17) is 11.6 Å². The molecule has 0 radical (unpaired) electrons. The number of H-pyrrole nitrogens is 1. The maximum atomic E-state index is 13.2. The number of benzene rings is 2. The van der Waals surface area contributed by atoms with Gasteiger partial charge in [-0.15, -0.1) is 0 Å². The number of nitrogens with one attached hydrogen (secondary N) is 1. The summed E-state index contributed by atoms with van der Waals surface area (Å²) in [6, 6.07) is 13.1. The highest BCUT2D eigenvalue weighted by Gasteiger charge is 2.41. The summed E-state index contributed by atoms with van der Waals surface area (Å²) in [5.41, 5.74) is 3.62. The van der Waals surface area contributed by atoms with E-state index < -0.39 is 18.5 Å². The van der Waals surface area contributed by atoms with Crippen molar-refractivity contribution in [1.82, 2.24) is 14.5 Å². The number of carbonyl (C=O) groups is 2. The lowest BCUT2D eigenvalue weighted by molar-refractivity contribution is -0.139. The van der Waals surface area contributed by atoms with Crippen LogP contribution in [0.5, 0.6) is 0 Å². The van der Waals surface area contributed by atoms with E-state index in [9.17, 15) is 14.7 Å². The molecule has 2 N–H and O–H groups in total. The molecule has 0 bridgehead atoms. The quantitative estimate of drug-likeness (QED) is 0.490. The lowest BCUT2D eigenvalue weighted by Crippen LogP contribution is -2.32. The molecule has 0 fully saturated rings. The molecule has 0 saturated carbocycles. The first-order valence-corrected chi connectivity index (χ1v) is 9.99. The van der Waals surface area contributed by atoms with E-state index in [1.807, 2.05) is 48.0 Å².